The van der Waals surface area contributed by atoms with Crippen LogP contribution in [0.4, 0.5) is 0 Å². The molecule has 2 aromatic heterocycles. The molecule has 2 aromatic rings. The molecule has 4 heteroatoms. The first-order chi connectivity index (χ1) is 9.31. The molecule has 0 radical (unpaired) electrons. The minimum Gasteiger partial charge on any atom is -0.282 e. The van der Waals surface area contributed by atoms with E-state index in [-0.39, 0.29) is 0 Å². The van der Waals surface area contributed by atoms with Crippen LogP contribution < -0.4 is 0 Å². The van der Waals surface area contributed by atoms with Crippen LogP contribution in [-0.4, -0.2) is 20.0 Å². The topological polar surface area (TPSA) is 46.5 Å². The van der Waals surface area contributed by atoms with Crippen molar-refractivity contribution in [3.05, 3.63) is 34.4 Å². The molecule has 4 rings (SSSR count). The highest BCUT2D eigenvalue weighted by atomic mass is 15.3. The van der Waals surface area contributed by atoms with E-state index in [0.29, 0.717) is 5.92 Å². The van der Waals surface area contributed by atoms with Crippen LogP contribution in [0, 0.1) is 6.92 Å². The molecule has 0 bridgehead atoms. The van der Waals surface area contributed by atoms with Crippen molar-refractivity contribution < 1.29 is 0 Å². The third kappa shape index (κ3) is 1.81. The van der Waals surface area contributed by atoms with Crippen molar-refractivity contribution in [2.75, 3.05) is 0 Å². The SMILES string of the molecule is Cc1[nH]nc2c1CCCC2Cc1cc2n(n1)CCC2. The van der Waals surface area contributed by atoms with Crippen molar-refractivity contribution in [2.45, 2.75) is 57.9 Å². The monoisotopic (exact) mass is 256 g/mol. The molecule has 4 nitrogen and oxygen atoms in total. The Kier molecular flexibility index (Phi) is 2.50. The fourth-order valence-electron chi connectivity index (χ4n) is 3.66. The van der Waals surface area contributed by atoms with Gasteiger partial charge in [-0.1, -0.05) is 0 Å². The van der Waals surface area contributed by atoms with E-state index in [1.54, 1.807) is 0 Å². The van der Waals surface area contributed by atoms with Crippen LogP contribution in [0.15, 0.2) is 6.07 Å². The lowest BCUT2D eigenvalue weighted by molar-refractivity contribution is 0.527. The van der Waals surface area contributed by atoms with Gasteiger partial charge in [-0.25, -0.2) is 0 Å². The van der Waals surface area contributed by atoms with Crippen LogP contribution in [-0.2, 0) is 25.8 Å². The summed E-state index contributed by atoms with van der Waals surface area (Å²) in [6, 6.07) is 2.31. The molecule has 2 aliphatic rings. The molecule has 1 N–H and O–H groups in total. The second-order valence-electron chi connectivity index (χ2n) is 5.96. The maximum absolute atomic E-state index is 4.74. The maximum Gasteiger partial charge on any atom is 0.0691 e. The summed E-state index contributed by atoms with van der Waals surface area (Å²) in [4.78, 5) is 0. The molecular weight excluding hydrogens is 236 g/mol. The summed E-state index contributed by atoms with van der Waals surface area (Å²) in [5.74, 6) is 0.560. The maximum atomic E-state index is 4.74. The van der Waals surface area contributed by atoms with Gasteiger partial charge in [-0.05, 0) is 57.1 Å². The van der Waals surface area contributed by atoms with Crippen molar-refractivity contribution in [3.8, 4) is 0 Å². The summed E-state index contributed by atoms with van der Waals surface area (Å²) in [5, 5.41) is 12.4. The molecule has 0 fully saturated rings. The number of hydrogen-bond acceptors (Lipinski definition) is 2. The van der Waals surface area contributed by atoms with Gasteiger partial charge in [0.05, 0.1) is 11.4 Å². The van der Waals surface area contributed by atoms with E-state index < -0.39 is 0 Å². The molecule has 0 saturated heterocycles. The number of hydrogen-bond donors (Lipinski definition) is 1. The van der Waals surface area contributed by atoms with Crippen molar-refractivity contribution in [1.82, 2.24) is 20.0 Å². The molecule has 1 aliphatic carbocycles. The van der Waals surface area contributed by atoms with Crippen molar-refractivity contribution in [3.63, 3.8) is 0 Å². The second kappa shape index (κ2) is 4.22. The van der Waals surface area contributed by atoms with Crippen LogP contribution in [0.1, 0.15) is 53.5 Å². The largest absolute Gasteiger partial charge is 0.282 e. The lowest BCUT2D eigenvalue weighted by Gasteiger charge is -2.20. The Morgan fingerprint density at radius 2 is 2.32 bits per heavy atom. The quantitative estimate of drug-likeness (QED) is 0.897. The average Bonchev–Trinajstić information content (AvgIpc) is 3.05. The Morgan fingerprint density at radius 3 is 3.21 bits per heavy atom. The summed E-state index contributed by atoms with van der Waals surface area (Å²) in [7, 11) is 0. The molecule has 0 spiro atoms. The molecule has 1 aliphatic heterocycles. The van der Waals surface area contributed by atoms with Gasteiger partial charge in [0.25, 0.3) is 0 Å². The normalized spacial score (nSPS) is 21.4. The first kappa shape index (κ1) is 11.3. The summed E-state index contributed by atoms with van der Waals surface area (Å²) in [5.41, 5.74) is 6.70. The molecular formula is C15H20N4. The smallest absolute Gasteiger partial charge is 0.0691 e. The first-order valence-electron chi connectivity index (χ1n) is 7.40. The van der Waals surface area contributed by atoms with Crippen molar-refractivity contribution in [1.29, 1.82) is 0 Å². The Hall–Kier alpha value is -1.58. The van der Waals surface area contributed by atoms with Gasteiger partial charge in [0.1, 0.15) is 0 Å². The molecule has 1 atom stereocenters. The summed E-state index contributed by atoms with van der Waals surface area (Å²) in [6.07, 6.45) is 7.23. The van der Waals surface area contributed by atoms with Crippen LogP contribution in [0.5, 0.6) is 0 Å². The molecule has 3 heterocycles. The Balaban J connectivity index is 1.60. The number of rotatable bonds is 2. The van der Waals surface area contributed by atoms with E-state index in [0.717, 1.165) is 13.0 Å². The average molecular weight is 256 g/mol. The van der Waals surface area contributed by atoms with Crippen LogP contribution in [0.3, 0.4) is 0 Å². The van der Waals surface area contributed by atoms with Gasteiger partial charge in [-0.15, -0.1) is 0 Å². The van der Waals surface area contributed by atoms with Gasteiger partial charge in [0, 0.05) is 23.9 Å². The molecule has 19 heavy (non-hydrogen) atoms. The first-order valence-corrected chi connectivity index (χ1v) is 7.40. The fourth-order valence-corrected chi connectivity index (χ4v) is 3.66. The standard InChI is InChI=1S/C15H20N4/c1-10-14-6-2-4-11(15(14)17-16-10)8-12-9-13-5-3-7-19(13)18-12/h9,11H,2-8H2,1H3,(H,16,17). The van der Waals surface area contributed by atoms with Gasteiger partial charge in [0.2, 0.25) is 0 Å². The number of H-pyrrole nitrogens is 1. The third-order valence-electron chi connectivity index (χ3n) is 4.64. The van der Waals surface area contributed by atoms with E-state index >= 15 is 0 Å². The van der Waals surface area contributed by atoms with Gasteiger partial charge >= 0.3 is 0 Å². The Morgan fingerprint density at radius 1 is 1.37 bits per heavy atom. The zero-order valence-corrected chi connectivity index (χ0v) is 11.4. The number of aryl methyl sites for hydroxylation is 3. The number of nitrogens with one attached hydrogen (secondary N) is 1. The predicted molar refractivity (Wildman–Crippen MR) is 73.3 cm³/mol. The minimum absolute atomic E-state index is 0.560. The van der Waals surface area contributed by atoms with E-state index in [9.17, 15) is 0 Å². The van der Waals surface area contributed by atoms with E-state index in [4.69, 9.17) is 5.10 Å². The van der Waals surface area contributed by atoms with Gasteiger partial charge in [-0.2, -0.15) is 10.2 Å². The molecule has 0 saturated carbocycles. The van der Waals surface area contributed by atoms with E-state index in [1.807, 2.05) is 0 Å². The highest BCUT2D eigenvalue weighted by Crippen LogP contribution is 2.34. The van der Waals surface area contributed by atoms with Crippen molar-refractivity contribution in [2.24, 2.45) is 0 Å². The van der Waals surface area contributed by atoms with Crippen LogP contribution >= 0.6 is 0 Å². The molecule has 0 aromatic carbocycles. The number of aromatic nitrogens is 4. The summed E-state index contributed by atoms with van der Waals surface area (Å²) < 4.78 is 2.19. The summed E-state index contributed by atoms with van der Waals surface area (Å²) >= 11 is 0. The molecule has 100 valence electrons. The Labute approximate surface area is 113 Å². The Bertz CT molecular complexity index is 586. The van der Waals surface area contributed by atoms with E-state index in [2.05, 4.69) is 27.9 Å². The predicted octanol–water partition coefficient (Wildman–Crippen LogP) is 2.52. The fraction of sp³-hybridized carbons (Fsp3) is 0.600. The lowest BCUT2D eigenvalue weighted by Crippen LogP contribution is -2.12. The van der Waals surface area contributed by atoms with Gasteiger partial charge in [-0.3, -0.25) is 9.78 Å². The zero-order chi connectivity index (χ0) is 12.8. The molecule has 1 unspecified atom stereocenters. The number of nitrogens with zero attached hydrogens (tertiary/aromatic N) is 3. The molecule has 0 amide bonds. The number of fused-ring (bicyclic) bond motifs is 2. The summed E-state index contributed by atoms with van der Waals surface area (Å²) in [6.45, 7) is 3.24. The zero-order valence-electron chi connectivity index (χ0n) is 11.4. The van der Waals surface area contributed by atoms with Crippen LogP contribution in [0.25, 0.3) is 0 Å². The third-order valence-corrected chi connectivity index (χ3v) is 4.64. The van der Waals surface area contributed by atoms with E-state index in [1.165, 1.54) is 60.4 Å². The number of aromatic amines is 1. The second-order valence-corrected chi connectivity index (χ2v) is 5.96. The highest BCUT2D eigenvalue weighted by molar-refractivity contribution is 5.31. The lowest BCUT2D eigenvalue weighted by atomic mass is 9.84. The van der Waals surface area contributed by atoms with Gasteiger partial charge < -0.3 is 0 Å². The highest BCUT2D eigenvalue weighted by Gasteiger charge is 2.26. The van der Waals surface area contributed by atoms with Crippen molar-refractivity contribution >= 4 is 0 Å². The van der Waals surface area contributed by atoms with Gasteiger partial charge in [0.15, 0.2) is 0 Å². The minimum atomic E-state index is 0.560. The van der Waals surface area contributed by atoms with Crippen LogP contribution in [0.2, 0.25) is 0 Å².